The van der Waals surface area contributed by atoms with Crippen LogP contribution in [0.25, 0.3) is 0 Å². The molecular formula is C20H25N6OP. The summed E-state index contributed by atoms with van der Waals surface area (Å²) >= 11 is 0. The van der Waals surface area contributed by atoms with E-state index in [1.165, 1.54) is 0 Å². The molecule has 0 saturated carbocycles. The molecule has 28 heavy (non-hydrogen) atoms. The highest BCUT2D eigenvalue weighted by Gasteiger charge is 2.14. The van der Waals surface area contributed by atoms with Gasteiger partial charge in [-0.15, -0.1) is 0 Å². The lowest BCUT2D eigenvalue weighted by Crippen LogP contribution is -2.25. The molecule has 8 heteroatoms. The summed E-state index contributed by atoms with van der Waals surface area (Å²) in [6.45, 7) is 4.73. The molecule has 0 saturated heterocycles. The average molecular weight is 396 g/mol. The van der Waals surface area contributed by atoms with Gasteiger partial charge in [0.05, 0.1) is 23.8 Å². The van der Waals surface area contributed by atoms with Gasteiger partial charge in [0.2, 0.25) is 0 Å². The molecular weight excluding hydrogens is 371 g/mol. The maximum Gasteiger partial charge on any atom is 0.256 e. The number of carbonyl (C=O) groups excluding carboxylic acids is 1. The molecule has 2 aliphatic rings. The quantitative estimate of drug-likeness (QED) is 0.572. The van der Waals surface area contributed by atoms with E-state index in [0.29, 0.717) is 14.1 Å². The van der Waals surface area contributed by atoms with Gasteiger partial charge in [0.15, 0.2) is 0 Å². The van der Waals surface area contributed by atoms with Gasteiger partial charge in [0.25, 0.3) is 5.91 Å². The van der Waals surface area contributed by atoms with Crippen LogP contribution in [0.15, 0.2) is 63.5 Å². The van der Waals surface area contributed by atoms with Crippen LogP contribution in [0.2, 0.25) is 0 Å². The molecule has 0 bridgehead atoms. The Morgan fingerprint density at radius 3 is 3.04 bits per heavy atom. The third-order valence-corrected chi connectivity index (χ3v) is 5.39. The highest BCUT2D eigenvalue weighted by molar-refractivity contribution is 7.42. The number of pyridine rings is 1. The number of likely N-dealkylation sites (N-methyl/N-ethyl adjacent to an activating group) is 1. The summed E-state index contributed by atoms with van der Waals surface area (Å²) in [7, 11) is 2.59. The minimum Gasteiger partial charge on any atom is -0.325 e. The van der Waals surface area contributed by atoms with Crippen LogP contribution in [-0.2, 0) is 0 Å². The van der Waals surface area contributed by atoms with E-state index in [9.17, 15) is 4.79 Å². The van der Waals surface area contributed by atoms with E-state index in [-0.39, 0.29) is 11.9 Å². The minimum absolute atomic E-state index is 0.00476. The second kappa shape index (κ2) is 9.53. The number of carbonyl (C=O) groups is 1. The predicted octanol–water partition coefficient (Wildman–Crippen LogP) is 2.40. The molecule has 2 atom stereocenters. The second-order valence-electron chi connectivity index (χ2n) is 6.77. The van der Waals surface area contributed by atoms with Crippen LogP contribution >= 0.6 is 8.58 Å². The molecule has 2 aliphatic heterocycles. The Labute approximate surface area is 167 Å². The molecule has 3 rings (SSSR count). The van der Waals surface area contributed by atoms with Crippen molar-refractivity contribution in [2.45, 2.75) is 19.9 Å². The van der Waals surface area contributed by atoms with Crippen LogP contribution in [0.1, 0.15) is 22.8 Å². The maximum atomic E-state index is 12.4. The van der Waals surface area contributed by atoms with Crippen molar-refractivity contribution in [3.63, 3.8) is 0 Å². The van der Waals surface area contributed by atoms with Crippen molar-refractivity contribution in [1.29, 1.82) is 0 Å². The molecule has 2 N–H and O–H groups in total. The third kappa shape index (κ3) is 5.68. The second-order valence-corrected chi connectivity index (χ2v) is 7.82. The molecule has 1 aromatic heterocycles. The fourth-order valence-corrected chi connectivity index (χ4v) is 3.84. The lowest BCUT2D eigenvalue weighted by Gasteiger charge is -2.17. The van der Waals surface area contributed by atoms with E-state index in [0.717, 1.165) is 35.2 Å². The monoisotopic (exact) mass is 396 g/mol. The van der Waals surface area contributed by atoms with Crippen LogP contribution in [0.5, 0.6) is 0 Å². The largest absolute Gasteiger partial charge is 0.325 e. The number of nitrogens with one attached hydrogen (secondary N) is 2. The van der Waals surface area contributed by atoms with Gasteiger partial charge in [0, 0.05) is 49.9 Å². The molecule has 2 unspecified atom stereocenters. The molecule has 0 fully saturated rings. The van der Waals surface area contributed by atoms with Gasteiger partial charge in [-0.05, 0) is 37.1 Å². The Kier molecular flexibility index (Phi) is 6.85. The summed E-state index contributed by atoms with van der Waals surface area (Å²) in [5.74, 6) is 2.07. The van der Waals surface area contributed by atoms with Crippen molar-refractivity contribution >= 4 is 26.9 Å². The number of hydrazine groups is 1. The number of hydrogen-bond donors (Lipinski definition) is 2. The lowest BCUT2D eigenvalue weighted by molar-refractivity contribution is 0.0965. The Hall–Kier alpha value is -2.63. The van der Waals surface area contributed by atoms with Crippen LogP contribution in [0.4, 0.5) is 0 Å². The summed E-state index contributed by atoms with van der Waals surface area (Å²) in [5, 5.41) is 4.96. The number of aliphatic imine (C=N–C) groups is 2. The normalized spacial score (nSPS) is 19.5. The Morgan fingerprint density at radius 1 is 1.43 bits per heavy atom. The van der Waals surface area contributed by atoms with Crippen LogP contribution < -0.4 is 10.7 Å². The van der Waals surface area contributed by atoms with Crippen LogP contribution in [-0.4, -0.2) is 54.1 Å². The fourth-order valence-electron chi connectivity index (χ4n) is 2.77. The zero-order chi connectivity index (χ0) is 19.9. The number of aromatic nitrogens is 1. The first-order chi connectivity index (χ1) is 13.5. The number of rotatable bonds is 6. The topological polar surface area (TPSA) is 82.0 Å². The predicted molar refractivity (Wildman–Crippen MR) is 116 cm³/mol. The summed E-state index contributed by atoms with van der Waals surface area (Å²) in [6, 6.07) is 1.84. The van der Waals surface area contributed by atoms with Gasteiger partial charge in [-0.3, -0.25) is 19.8 Å². The fraction of sp³-hybridized carbons (Fsp3) is 0.300. The molecule has 1 aromatic rings. The van der Waals surface area contributed by atoms with Gasteiger partial charge in [-0.2, -0.15) is 0 Å². The average Bonchev–Trinajstić information content (AvgIpc) is 3.10. The van der Waals surface area contributed by atoms with Gasteiger partial charge < -0.3 is 10.7 Å². The van der Waals surface area contributed by atoms with E-state index >= 15 is 0 Å². The molecule has 7 nitrogen and oxygen atoms in total. The van der Waals surface area contributed by atoms with Gasteiger partial charge >= 0.3 is 0 Å². The summed E-state index contributed by atoms with van der Waals surface area (Å²) in [4.78, 5) is 25.4. The Bertz CT molecular complexity index is 886. The third-order valence-electron chi connectivity index (χ3n) is 4.26. The molecule has 0 spiro atoms. The molecule has 3 heterocycles. The van der Waals surface area contributed by atoms with E-state index in [4.69, 9.17) is 0 Å². The molecule has 0 aliphatic carbocycles. The van der Waals surface area contributed by atoms with Crippen molar-refractivity contribution in [2.24, 2.45) is 9.98 Å². The minimum atomic E-state index is -0.125. The van der Waals surface area contributed by atoms with Crippen LogP contribution in [0.3, 0.4) is 0 Å². The lowest BCUT2D eigenvalue weighted by atomic mass is 10.1. The van der Waals surface area contributed by atoms with Crippen molar-refractivity contribution < 1.29 is 4.79 Å². The number of hydrogen-bond acceptors (Lipinski definition) is 6. The number of amides is 1. The first-order valence-corrected chi connectivity index (χ1v) is 10.4. The van der Waals surface area contributed by atoms with E-state index in [2.05, 4.69) is 31.5 Å². The summed E-state index contributed by atoms with van der Waals surface area (Å²) < 4.78 is 0. The van der Waals surface area contributed by atoms with E-state index in [1.54, 1.807) is 24.8 Å². The van der Waals surface area contributed by atoms with Gasteiger partial charge in [0.1, 0.15) is 0 Å². The Morgan fingerprint density at radius 2 is 2.29 bits per heavy atom. The summed E-state index contributed by atoms with van der Waals surface area (Å²) in [6.07, 6.45) is 11.5. The van der Waals surface area contributed by atoms with Gasteiger partial charge in [-0.1, -0.05) is 14.4 Å². The Balaban J connectivity index is 1.57. The molecule has 1 amide bonds. The summed E-state index contributed by atoms with van der Waals surface area (Å²) in [5.41, 5.74) is 7.60. The van der Waals surface area contributed by atoms with Crippen LogP contribution in [0, 0.1) is 6.92 Å². The maximum absolute atomic E-state index is 12.4. The number of aryl methyl sites for hydroxylation is 1. The number of nitrogens with zero attached hydrogens (tertiary/aromatic N) is 4. The zero-order valence-corrected chi connectivity index (χ0v) is 17.3. The van der Waals surface area contributed by atoms with E-state index in [1.807, 2.05) is 44.2 Å². The first-order valence-electron chi connectivity index (χ1n) is 9.10. The molecule has 0 aromatic carbocycles. The van der Waals surface area contributed by atoms with Crippen molar-refractivity contribution in [2.75, 3.05) is 19.8 Å². The van der Waals surface area contributed by atoms with Crippen molar-refractivity contribution in [3.8, 4) is 0 Å². The molecule has 146 valence electrons. The smallest absolute Gasteiger partial charge is 0.256 e. The number of allylic oxidation sites excluding steroid dienone is 1. The highest BCUT2D eigenvalue weighted by Crippen LogP contribution is 2.27. The SMILES string of the molecule is Cc1cncc(C(=O)NC2=CC(C(C)N=CC=NC3=CNN(C)C3)=CPC2)c1. The highest BCUT2D eigenvalue weighted by atomic mass is 31.1. The standard InChI is InChI=1S/C20H25N6OP/c1-14-6-16(9-21-8-14)20(27)25-18-7-17(12-28-13-18)15(2)22-4-5-23-19-10-24-26(3)11-19/h4-10,12,15,24,28H,11,13H2,1-3H3,(H,25,27). The zero-order valence-electron chi connectivity index (χ0n) is 16.3. The first kappa shape index (κ1) is 20.1. The van der Waals surface area contributed by atoms with Crippen molar-refractivity contribution in [1.82, 2.24) is 20.7 Å². The van der Waals surface area contributed by atoms with Crippen molar-refractivity contribution in [3.05, 3.63) is 64.6 Å². The van der Waals surface area contributed by atoms with E-state index < -0.39 is 0 Å². The molecule has 0 radical (unpaired) electrons. The van der Waals surface area contributed by atoms with Gasteiger partial charge in [-0.25, -0.2) is 5.01 Å².